The van der Waals surface area contributed by atoms with Gasteiger partial charge in [0.05, 0.1) is 16.2 Å². The molecule has 1 heterocycles. The van der Waals surface area contributed by atoms with Crippen LogP contribution in [-0.4, -0.2) is 20.2 Å². The van der Waals surface area contributed by atoms with Gasteiger partial charge in [0.25, 0.3) is 0 Å². The second-order valence-electron chi connectivity index (χ2n) is 4.65. The average Bonchev–Trinajstić information content (AvgIpc) is 2.87. The highest BCUT2D eigenvalue weighted by Gasteiger charge is 2.42. The molecule has 1 aliphatic carbocycles. The SMILES string of the molecule is CC1(n2nnnc2-c2ccc(Cl)c(N)c2)CC1. The molecule has 6 heteroatoms. The molecule has 1 aromatic heterocycles. The fraction of sp³-hybridized carbons (Fsp3) is 0.364. The van der Waals surface area contributed by atoms with Crippen molar-refractivity contribution in [2.24, 2.45) is 0 Å². The third-order valence-electron chi connectivity index (χ3n) is 3.21. The van der Waals surface area contributed by atoms with Gasteiger partial charge in [0, 0.05) is 5.56 Å². The lowest BCUT2D eigenvalue weighted by Gasteiger charge is -2.11. The molecule has 17 heavy (non-hydrogen) atoms. The molecule has 1 saturated carbocycles. The molecule has 2 aromatic rings. The number of benzene rings is 1. The predicted octanol–water partition coefficient (Wildman–Crippen LogP) is 2.08. The number of anilines is 1. The van der Waals surface area contributed by atoms with Crippen molar-refractivity contribution >= 4 is 17.3 Å². The van der Waals surface area contributed by atoms with Crippen LogP contribution in [0.25, 0.3) is 11.4 Å². The third kappa shape index (κ3) is 1.67. The van der Waals surface area contributed by atoms with Crippen LogP contribution in [0, 0.1) is 0 Å². The molecular weight excluding hydrogens is 238 g/mol. The summed E-state index contributed by atoms with van der Waals surface area (Å²) in [7, 11) is 0. The molecule has 1 aliphatic rings. The smallest absolute Gasteiger partial charge is 0.182 e. The number of nitrogen functional groups attached to an aromatic ring is 1. The Morgan fingerprint density at radius 1 is 1.41 bits per heavy atom. The molecule has 0 spiro atoms. The zero-order valence-electron chi connectivity index (χ0n) is 9.39. The second kappa shape index (κ2) is 3.43. The summed E-state index contributed by atoms with van der Waals surface area (Å²) in [5, 5.41) is 12.4. The number of nitrogens with two attached hydrogens (primary N) is 1. The van der Waals surface area contributed by atoms with Crippen molar-refractivity contribution in [3.63, 3.8) is 0 Å². The van der Waals surface area contributed by atoms with E-state index in [9.17, 15) is 0 Å². The monoisotopic (exact) mass is 249 g/mol. The highest BCUT2D eigenvalue weighted by molar-refractivity contribution is 6.33. The van der Waals surface area contributed by atoms with Crippen LogP contribution in [0.3, 0.4) is 0 Å². The van der Waals surface area contributed by atoms with E-state index in [0.717, 1.165) is 24.2 Å². The largest absolute Gasteiger partial charge is 0.398 e. The molecule has 0 unspecified atom stereocenters. The van der Waals surface area contributed by atoms with E-state index in [1.54, 1.807) is 12.1 Å². The Labute approximate surface area is 104 Å². The lowest BCUT2D eigenvalue weighted by atomic mass is 10.2. The number of nitrogens with zero attached hydrogens (tertiary/aromatic N) is 4. The minimum Gasteiger partial charge on any atom is -0.398 e. The average molecular weight is 250 g/mol. The molecule has 1 aromatic carbocycles. The number of tetrazole rings is 1. The molecule has 0 amide bonds. The van der Waals surface area contributed by atoms with Gasteiger partial charge in [0.15, 0.2) is 5.82 Å². The van der Waals surface area contributed by atoms with Gasteiger partial charge in [-0.25, -0.2) is 4.68 Å². The topological polar surface area (TPSA) is 69.6 Å². The van der Waals surface area contributed by atoms with Crippen LogP contribution in [0.1, 0.15) is 19.8 Å². The minimum absolute atomic E-state index is 0.0627. The van der Waals surface area contributed by atoms with E-state index in [1.807, 2.05) is 10.7 Å². The summed E-state index contributed by atoms with van der Waals surface area (Å²) in [4.78, 5) is 0. The molecule has 3 rings (SSSR count). The van der Waals surface area contributed by atoms with Crippen LogP contribution in [0.4, 0.5) is 5.69 Å². The lowest BCUT2D eigenvalue weighted by Crippen LogP contribution is -2.15. The Balaban J connectivity index is 2.09. The molecular formula is C11H12ClN5. The van der Waals surface area contributed by atoms with Gasteiger partial charge >= 0.3 is 0 Å². The molecule has 0 radical (unpaired) electrons. The van der Waals surface area contributed by atoms with Crippen molar-refractivity contribution in [1.82, 2.24) is 20.2 Å². The summed E-state index contributed by atoms with van der Waals surface area (Å²) >= 11 is 5.90. The maximum atomic E-state index is 5.90. The van der Waals surface area contributed by atoms with E-state index in [-0.39, 0.29) is 5.54 Å². The van der Waals surface area contributed by atoms with E-state index >= 15 is 0 Å². The summed E-state index contributed by atoms with van der Waals surface area (Å²) < 4.78 is 1.87. The van der Waals surface area contributed by atoms with E-state index < -0.39 is 0 Å². The number of rotatable bonds is 2. The lowest BCUT2D eigenvalue weighted by molar-refractivity contribution is 0.463. The fourth-order valence-corrected chi connectivity index (χ4v) is 1.92. The van der Waals surface area contributed by atoms with Crippen LogP contribution in [0.15, 0.2) is 18.2 Å². The van der Waals surface area contributed by atoms with Gasteiger partial charge in [-0.15, -0.1) is 5.10 Å². The predicted molar refractivity (Wildman–Crippen MR) is 65.6 cm³/mol. The van der Waals surface area contributed by atoms with Crippen molar-refractivity contribution in [2.75, 3.05) is 5.73 Å². The zero-order chi connectivity index (χ0) is 12.0. The van der Waals surface area contributed by atoms with Crippen LogP contribution in [0.2, 0.25) is 5.02 Å². The summed E-state index contributed by atoms with van der Waals surface area (Å²) in [6.45, 7) is 2.14. The molecule has 0 atom stereocenters. The quantitative estimate of drug-likeness (QED) is 0.828. The van der Waals surface area contributed by atoms with Crippen molar-refractivity contribution in [3.8, 4) is 11.4 Å². The maximum Gasteiger partial charge on any atom is 0.182 e. The minimum atomic E-state index is 0.0627. The first-order chi connectivity index (χ1) is 8.10. The molecule has 1 fully saturated rings. The van der Waals surface area contributed by atoms with Gasteiger partial charge < -0.3 is 5.73 Å². The Bertz CT molecular complexity index is 573. The zero-order valence-corrected chi connectivity index (χ0v) is 10.1. The third-order valence-corrected chi connectivity index (χ3v) is 3.55. The Morgan fingerprint density at radius 3 is 2.82 bits per heavy atom. The van der Waals surface area contributed by atoms with E-state index in [4.69, 9.17) is 17.3 Å². The van der Waals surface area contributed by atoms with Gasteiger partial charge in [-0.2, -0.15) is 0 Å². The molecule has 5 nitrogen and oxygen atoms in total. The van der Waals surface area contributed by atoms with E-state index in [2.05, 4.69) is 22.4 Å². The van der Waals surface area contributed by atoms with Crippen molar-refractivity contribution in [2.45, 2.75) is 25.3 Å². The van der Waals surface area contributed by atoms with Gasteiger partial charge in [0.2, 0.25) is 0 Å². The number of hydrogen-bond donors (Lipinski definition) is 1. The van der Waals surface area contributed by atoms with Crippen LogP contribution in [-0.2, 0) is 5.54 Å². The molecule has 0 aliphatic heterocycles. The van der Waals surface area contributed by atoms with Gasteiger partial charge in [-0.3, -0.25) is 0 Å². The first-order valence-electron chi connectivity index (χ1n) is 5.44. The summed E-state index contributed by atoms with van der Waals surface area (Å²) in [6, 6.07) is 5.45. The first kappa shape index (κ1) is 10.5. The summed E-state index contributed by atoms with van der Waals surface area (Å²) in [6.07, 6.45) is 2.21. The normalized spacial score (nSPS) is 17.1. The fourth-order valence-electron chi connectivity index (χ4n) is 1.81. The summed E-state index contributed by atoms with van der Waals surface area (Å²) in [5.41, 5.74) is 7.29. The highest BCUT2D eigenvalue weighted by Crippen LogP contribution is 2.44. The Hall–Kier alpha value is -1.62. The molecule has 2 N–H and O–H groups in total. The highest BCUT2D eigenvalue weighted by atomic mass is 35.5. The number of halogens is 1. The number of hydrogen-bond acceptors (Lipinski definition) is 4. The molecule has 88 valence electrons. The second-order valence-corrected chi connectivity index (χ2v) is 5.05. The molecule has 0 saturated heterocycles. The Kier molecular flexibility index (Phi) is 2.13. The van der Waals surface area contributed by atoms with Gasteiger partial charge in [0.1, 0.15) is 0 Å². The Morgan fingerprint density at radius 2 is 2.18 bits per heavy atom. The van der Waals surface area contributed by atoms with E-state index in [0.29, 0.717) is 10.7 Å². The standard InChI is InChI=1S/C11H12ClN5/c1-11(4-5-11)17-10(14-15-16-17)7-2-3-8(12)9(13)6-7/h2-3,6H,4-5,13H2,1H3. The van der Waals surface area contributed by atoms with Gasteiger partial charge in [-0.1, -0.05) is 11.6 Å². The van der Waals surface area contributed by atoms with E-state index in [1.165, 1.54) is 0 Å². The summed E-state index contributed by atoms with van der Waals surface area (Å²) in [5.74, 6) is 0.744. The van der Waals surface area contributed by atoms with Crippen LogP contribution >= 0.6 is 11.6 Å². The number of aromatic nitrogens is 4. The molecule has 0 bridgehead atoms. The van der Waals surface area contributed by atoms with Crippen molar-refractivity contribution in [1.29, 1.82) is 0 Å². The van der Waals surface area contributed by atoms with Crippen LogP contribution in [0.5, 0.6) is 0 Å². The first-order valence-corrected chi connectivity index (χ1v) is 5.82. The van der Waals surface area contributed by atoms with Gasteiger partial charge in [-0.05, 0) is 48.4 Å². The van der Waals surface area contributed by atoms with Crippen molar-refractivity contribution in [3.05, 3.63) is 23.2 Å². The maximum absolute atomic E-state index is 5.90. The van der Waals surface area contributed by atoms with Crippen molar-refractivity contribution < 1.29 is 0 Å². The van der Waals surface area contributed by atoms with Crippen LogP contribution < -0.4 is 5.73 Å².